The Bertz CT molecular complexity index is 435. The van der Waals surface area contributed by atoms with Crippen LogP contribution in [0.5, 0.6) is 0 Å². The average Bonchev–Trinajstić information content (AvgIpc) is 2.26. The van der Waals surface area contributed by atoms with Crippen LogP contribution < -0.4 is 5.32 Å². The zero-order valence-corrected chi connectivity index (χ0v) is 9.45. The first-order valence-electron chi connectivity index (χ1n) is 4.93. The SMILES string of the molecule is CNc1c(COCC(F)(F)F)cccc1[N+](=O)[O-]. The number of anilines is 1. The normalized spacial score (nSPS) is 11.3. The molecule has 0 bridgehead atoms. The topological polar surface area (TPSA) is 64.4 Å². The summed E-state index contributed by atoms with van der Waals surface area (Å²) in [5.74, 6) is 0. The van der Waals surface area contributed by atoms with Crippen molar-refractivity contribution in [3.05, 3.63) is 33.9 Å². The molecule has 0 radical (unpaired) electrons. The third-order valence-corrected chi connectivity index (χ3v) is 2.10. The Morgan fingerprint density at radius 2 is 2.11 bits per heavy atom. The van der Waals surface area contributed by atoms with Crippen molar-refractivity contribution in [2.24, 2.45) is 0 Å². The van der Waals surface area contributed by atoms with E-state index in [0.29, 0.717) is 5.56 Å². The van der Waals surface area contributed by atoms with E-state index in [2.05, 4.69) is 10.1 Å². The van der Waals surface area contributed by atoms with E-state index in [0.717, 1.165) is 0 Å². The van der Waals surface area contributed by atoms with Gasteiger partial charge in [0.15, 0.2) is 0 Å². The zero-order valence-electron chi connectivity index (χ0n) is 9.45. The van der Waals surface area contributed by atoms with Gasteiger partial charge in [-0.2, -0.15) is 13.2 Å². The molecule has 0 amide bonds. The highest BCUT2D eigenvalue weighted by atomic mass is 19.4. The lowest BCUT2D eigenvalue weighted by Crippen LogP contribution is -2.17. The van der Waals surface area contributed by atoms with Crippen LogP contribution in [0.1, 0.15) is 5.56 Å². The van der Waals surface area contributed by atoms with Crippen LogP contribution in [0.15, 0.2) is 18.2 Å². The zero-order chi connectivity index (χ0) is 13.8. The lowest BCUT2D eigenvalue weighted by atomic mass is 10.1. The molecule has 0 aliphatic heterocycles. The first-order chi connectivity index (χ1) is 8.35. The van der Waals surface area contributed by atoms with Crippen LogP contribution >= 0.6 is 0 Å². The number of halogens is 3. The summed E-state index contributed by atoms with van der Waals surface area (Å²) in [7, 11) is 1.45. The number of hydrogen-bond acceptors (Lipinski definition) is 4. The van der Waals surface area contributed by atoms with Crippen molar-refractivity contribution in [3.63, 3.8) is 0 Å². The molecular weight excluding hydrogens is 253 g/mol. The van der Waals surface area contributed by atoms with Crippen molar-refractivity contribution in [1.29, 1.82) is 0 Å². The molecule has 0 spiro atoms. The molecule has 0 aliphatic rings. The number of nitro benzene ring substituents is 1. The number of nitro groups is 1. The molecule has 0 heterocycles. The summed E-state index contributed by atoms with van der Waals surface area (Å²) in [6.07, 6.45) is -4.42. The molecule has 8 heteroatoms. The van der Waals surface area contributed by atoms with Gasteiger partial charge in [-0.1, -0.05) is 12.1 Å². The van der Waals surface area contributed by atoms with Crippen molar-refractivity contribution in [2.75, 3.05) is 19.0 Å². The summed E-state index contributed by atoms with van der Waals surface area (Å²) in [5.41, 5.74) is 0.256. The van der Waals surface area contributed by atoms with E-state index in [1.807, 2.05) is 0 Å². The highest BCUT2D eigenvalue weighted by molar-refractivity contribution is 5.65. The van der Waals surface area contributed by atoms with Crippen molar-refractivity contribution < 1.29 is 22.8 Å². The molecule has 1 rings (SSSR count). The second-order valence-corrected chi connectivity index (χ2v) is 3.43. The molecule has 1 aromatic carbocycles. The maximum absolute atomic E-state index is 11.9. The Hall–Kier alpha value is -1.83. The number of para-hydroxylation sites is 1. The molecule has 0 fully saturated rings. The summed E-state index contributed by atoms with van der Waals surface area (Å²) < 4.78 is 40.2. The number of ether oxygens (including phenoxy) is 1. The molecule has 100 valence electrons. The molecular formula is C10H11F3N2O3. The maximum atomic E-state index is 11.9. The molecule has 0 aliphatic carbocycles. The van der Waals surface area contributed by atoms with E-state index in [-0.39, 0.29) is 18.0 Å². The van der Waals surface area contributed by atoms with E-state index in [9.17, 15) is 23.3 Å². The van der Waals surface area contributed by atoms with Gasteiger partial charge in [0.2, 0.25) is 0 Å². The Labute approximate surface area is 101 Å². The van der Waals surface area contributed by atoms with Crippen molar-refractivity contribution in [2.45, 2.75) is 12.8 Å². The molecule has 1 N–H and O–H groups in total. The summed E-state index contributed by atoms with van der Waals surface area (Å²) >= 11 is 0. The van der Waals surface area contributed by atoms with Crippen LogP contribution in [0.3, 0.4) is 0 Å². The van der Waals surface area contributed by atoms with Crippen LogP contribution in [0.25, 0.3) is 0 Å². The molecule has 0 saturated heterocycles. The molecule has 0 saturated carbocycles. The van der Waals surface area contributed by atoms with Crippen LogP contribution in [0, 0.1) is 10.1 Å². The number of alkyl halides is 3. The van der Waals surface area contributed by atoms with E-state index < -0.39 is 17.7 Å². The smallest absolute Gasteiger partial charge is 0.382 e. The summed E-state index contributed by atoms with van der Waals surface area (Å²) in [5, 5.41) is 13.3. The standard InChI is InChI=1S/C10H11F3N2O3/c1-14-9-7(5-18-6-10(11,12)13)3-2-4-8(9)15(16)17/h2-4,14H,5-6H2,1H3. The Morgan fingerprint density at radius 1 is 1.44 bits per heavy atom. The van der Waals surface area contributed by atoms with Crippen LogP contribution in [0.4, 0.5) is 24.5 Å². The molecule has 0 aromatic heterocycles. The maximum Gasteiger partial charge on any atom is 0.411 e. The number of nitrogens with zero attached hydrogens (tertiary/aromatic N) is 1. The summed E-state index contributed by atoms with van der Waals surface area (Å²) in [4.78, 5) is 10.1. The third kappa shape index (κ3) is 3.88. The average molecular weight is 264 g/mol. The van der Waals surface area contributed by atoms with Crippen LogP contribution in [0.2, 0.25) is 0 Å². The Kier molecular flexibility index (Phi) is 4.49. The van der Waals surface area contributed by atoms with Gasteiger partial charge in [-0.3, -0.25) is 10.1 Å². The predicted octanol–water partition coefficient (Wildman–Crippen LogP) is 2.72. The lowest BCUT2D eigenvalue weighted by molar-refractivity contribution is -0.384. The minimum Gasteiger partial charge on any atom is -0.382 e. The van der Waals surface area contributed by atoms with E-state index in [1.54, 1.807) is 0 Å². The molecule has 0 unspecified atom stereocenters. The predicted molar refractivity (Wildman–Crippen MR) is 58.4 cm³/mol. The van der Waals surface area contributed by atoms with E-state index >= 15 is 0 Å². The quantitative estimate of drug-likeness (QED) is 0.656. The Balaban J connectivity index is 2.83. The lowest BCUT2D eigenvalue weighted by Gasteiger charge is -2.11. The number of nitrogens with one attached hydrogen (secondary N) is 1. The molecule has 5 nitrogen and oxygen atoms in total. The van der Waals surface area contributed by atoms with Crippen LogP contribution in [-0.2, 0) is 11.3 Å². The highest BCUT2D eigenvalue weighted by Crippen LogP contribution is 2.28. The van der Waals surface area contributed by atoms with Gasteiger partial charge in [-0.25, -0.2) is 0 Å². The number of hydrogen-bond donors (Lipinski definition) is 1. The minimum atomic E-state index is -4.42. The highest BCUT2D eigenvalue weighted by Gasteiger charge is 2.27. The summed E-state index contributed by atoms with van der Waals surface area (Å²) in [6, 6.07) is 4.12. The van der Waals surface area contributed by atoms with Gasteiger partial charge in [0.05, 0.1) is 11.5 Å². The van der Waals surface area contributed by atoms with Gasteiger partial charge in [0, 0.05) is 18.7 Å². The fourth-order valence-corrected chi connectivity index (χ4v) is 1.42. The second-order valence-electron chi connectivity index (χ2n) is 3.43. The van der Waals surface area contributed by atoms with Gasteiger partial charge < -0.3 is 10.1 Å². The van der Waals surface area contributed by atoms with Gasteiger partial charge in [-0.15, -0.1) is 0 Å². The molecule has 0 atom stereocenters. The fourth-order valence-electron chi connectivity index (χ4n) is 1.42. The fraction of sp³-hybridized carbons (Fsp3) is 0.400. The Morgan fingerprint density at radius 3 is 2.61 bits per heavy atom. The van der Waals surface area contributed by atoms with Crippen molar-refractivity contribution >= 4 is 11.4 Å². The first-order valence-corrected chi connectivity index (χ1v) is 4.93. The first kappa shape index (κ1) is 14.2. The van der Waals surface area contributed by atoms with Gasteiger partial charge in [0.1, 0.15) is 12.3 Å². The van der Waals surface area contributed by atoms with Gasteiger partial charge in [0.25, 0.3) is 5.69 Å². The number of benzene rings is 1. The summed E-state index contributed by atoms with van der Waals surface area (Å²) in [6.45, 7) is -1.74. The monoisotopic (exact) mass is 264 g/mol. The number of rotatable bonds is 5. The van der Waals surface area contributed by atoms with Gasteiger partial charge in [-0.05, 0) is 0 Å². The van der Waals surface area contributed by atoms with E-state index in [4.69, 9.17) is 0 Å². The molecule has 1 aromatic rings. The minimum absolute atomic E-state index is 0.157. The molecule has 18 heavy (non-hydrogen) atoms. The van der Waals surface area contributed by atoms with Crippen LogP contribution in [-0.4, -0.2) is 24.8 Å². The third-order valence-electron chi connectivity index (χ3n) is 2.10. The van der Waals surface area contributed by atoms with E-state index in [1.165, 1.54) is 25.2 Å². The van der Waals surface area contributed by atoms with Crippen molar-refractivity contribution in [1.82, 2.24) is 0 Å². The van der Waals surface area contributed by atoms with Gasteiger partial charge >= 0.3 is 6.18 Å². The van der Waals surface area contributed by atoms with Crippen molar-refractivity contribution in [3.8, 4) is 0 Å². The second kappa shape index (κ2) is 5.67. The largest absolute Gasteiger partial charge is 0.411 e.